The quantitative estimate of drug-likeness (QED) is 0.329. The summed E-state index contributed by atoms with van der Waals surface area (Å²) in [6.45, 7) is 0. The van der Waals surface area contributed by atoms with E-state index in [1.807, 2.05) is 36.4 Å². The number of carbonyl (C=O) groups is 1. The molecule has 0 radical (unpaired) electrons. The van der Waals surface area contributed by atoms with E-state index in [2.05, 4.69) is 25.6 Å². The number of halogens is 1. The van der Waals surface area contributed by atoms with Crippen LogP contribution in [0.1, 0.15) is 36.0 Å². The maximum Gasteiger partial charge on any atom is 0.252 e. The summed E-state index contributed by atoms with van der Waals surface area (Å²) in [6, 6.07) is 12.6. The Labute approximate surface area is 202 Å². The van der Waals surface area contributed by atoms with Crippen molar-refractivity contribution < 1.29 is 9.18 Å². The summed E-state index contributed by atoms with van der Waals surface area (Å²) in [7, 11) is 0. The molecule has 5 rings (SSSR count). The van der Waals surface area contributed by atoms with E-state index in [4.69, 9.17) is 11.5 Å². The summed E-state index contributed by atoms with van der Waals surface area (Å²) in [5, 5.41) is 7.23. The second kappa shape index (κ2) is 9.63. The lowest BCUT2D eigenvalue weighted by Gasteiger charge is -2.30. The van der Waals surface area contributed by atoms with Crippen LogP contribution in [0, 0.1) is 5.82 Å². The second-order valence-corrected chi connectivity index (χ2v) is 8.75. The van der Waals surface area contributed by atoms with Crippen molar-refractivity contribution in [2.75, 3.05) is 10.6 Å². The number of amides is 1. The molecule has 3 heterocycles. The number of hydrogen-bond donors (Lipinski definition) is 4. The molecule has 0 unspecified atom stereocenters. The molecule has 4 aromatic rings. The highest BCUT2D eigenvalue weighted by molar-refractivity contribution is 5.99. The van der Waals surface area contributed by atoms with Gasteiger partial charge in [-0.15, -0.1) is 0 Å². The number of primary amides is 1. The van der Waals surface area contributed by atoms with Crippen LogP contribution in [0.25, 0.3) is 22.0 Å². The van der Waals surface area contributed by atoms with Gasteiger partial charge in [-0.25, -0.2) is 9.37 Å². The molecule has 2 atom stereocenters. The fourth-order valence-corrected chi connectivity index (χ4v) is 4.52. The number of nitrogens with one attached hydrogen (secondary N) is 2. The van der Waals surface area contributed by atoms with Gasteiger partial charge < -0.3 is 22.1 Å². The lowest BCUT2D eigenvalue weighted by Crippen LogP contribution is -2.43. The lowest BCUT2D eigenvalue weighted by atomic mass is 9.91. The number of fused-ring (bicyclic) bond motifs is 1. The summed E-state index contributed by atoms with van der Waals surface area (Å²) in [5.74, 6) is -1.28. The van der Waals surface area contributed by atoms with Gasteiger partial charge in [0.2, 0.25) is 0 Å². The number of aromatic nitrogens is 3. The van der Waals surface area contributed by atoms with Crippen molar-refractivity contribution >= 4 is 34.1 Å². The third kappa shape index (κ3) is 4.76. The first-order valence-electron chi connectivity index (χ1n) is 11.6. The van der Waals surface area contributed by atoms with Crippen LogP contribution in [0.15, 0.2) is 61.1 Å². The smallest absolute Gasteiger partial charge is 0.252 e. The monoisotopic (exact) mass is 471 g/mol. The zero-order chi connectivity index (χ0) is 24.4. The number of rotatable bonds is 6. The van der Waals surface area contributed by atoms with Crippen molar-refractivity contribution in [2.45, 2.75) is 37.8 Å². The van der Waals surface area contributed by atoms with Gasteiger partial charge >= 0.3 is 0 Å². The van der Waals surface area contributed by atoms with Crippen LogP contribution in [0.5, 0.6) is 0 Å². The van der Waals surface area contributed by atoms with Crippen molar-refractivity contribution in [3.63, 3.8) is 0 Å². The van der Waals surface area contributed by atoms with Crippen LogP contribution in [-0.4, -0.2) is 32.9 Å². The molecule has 178 valence electrons. The number of hydrogen-bond acceptors (Lipinski definition) is 7. The first kappa shape index (κ1) is 22.7. The van der Waals surface area contributed by atoms with Crippen LogP contribution in [0.4, 0.5) is 21.7 Å². The van der Waals surface area contributed by atoms with Crippen LogP contribution in [-0.2, 0) is 0 Å². The molecule has 0 bridgehead atoms. The maximum absolute atomic E-state index is 14.8. The standard InChI is InChI=1S/C26H26FN7O/c27-20-12-19(24(29)35)25(34-26(20)33-22-9-2-1-8-21(22)28)32-17-11-16(13-30-14-17)18-7-3-5-15-6-4-10-31-23(15)18/h3-7,10-14,21-22H,1-2,8-9,28H2,(H2,29,35)(H2,32,33,34)/t21-,22+/m0/s1. The number of benzene rings is 1. The Morgan fingerprint density at radius 3 is 2.71 bits per heavy atom. The Hall–Kier alpha value is -4.11. The molecule has 0 saturated heterocycles. The molecule has 1 aliphatic carbocycles. The Morgan fingerprint density at radius 1 is 1.06 bits per heavy atom. The molecule has 1 saturated carbocycles. The fraction of sp³-hybridized carbons (Fsp3) is 0.231. The lowest BCUT2D eigenvalue weighted by molar-refractivity contribution is 0.100. The SMILES string of the molecule is NC(=O)c1cc(F)c(N[C@@H]2CCCC[C@@H]2N)nc1Nc1cncc(-c2cccc3cccnc23)c1. The third-order valence-corrected chi connectivity index (χ3v) is 6.33. The number of anilines is 3. The van der Waals surface area contributed by atoms with E-state index in [0.29, 0.717) is 5.69 Å². The number of carbonyl (C=O) groups excluding carboxylic acids is 1. The van der Waals surface area contributed by atoms with Crippen LogP contribution in [0.3, 0.4) is 0 Å². The summed E-state index contributed by atoms with van der Waals surface area (Å²) in [4.78, 5) is 25.3. The van der Waals surface area contributed by atoms with E-state index in [9.17, 15) is 9.18 Å². The third-order valence-electron chi connectivity index (χ3n) is 6.33. The molecule has 9 heteroatoms. The predicted molar refractivity (Wildman–Crippen MR) is 135 cm³/mol. The zero-order valence-electron chi connectivity index (χ0n) is 19.0. The molecule has 35 heavy (non-hydrogen) atoms. The largest absolute Gasteiger partial charge is 0.365 e. The average molecular weight is 472 g/mol. The highest BCUT2D eigenvalue weighted by Crippen LogP contribution is 2.30. The number of nitrogens with zero attached hydrogens (tertiary/aromatic N) is 3. The van der Waals surface area contributed by atoms with E-state index in [0.717, 1.165) is 53.8 Å². The maximum atomic E-state index is 14.8. The molecular formula is C26H26FN7O. The molecule has 1 aliphatic rings. The fourth-order valence-electron chi connectivity index (χ4n) is 4.52. The molecule has 6 N–H and O–H groups in total. The highest BCUT2D eigenvalue weighted by Gasteiger charge is 2.24. The van der Waals surface area contributed by atoms with Gasteiger partial charge in [0, 0.05) is 41.0 Å². The average Bonchev–Trinajstić information content (AvgIpc) is 2.87. The summed E-state index contributed by atoms with van der Waals surface area (Å²) >= 11 is 0. The van der Waals surface area contributed by atoms with Crippen LogP contribution < -0.4 is 22.1 Å². The Bertz CT molecular complexity index is 1390. The highest BCUT2D eigenvalue weighted by atomic mass is 19.1. The van der Waals surface area contributed by atoms with Crippen LogP contribution >= 0.6 is 0 Å². The van der Waals surface area contributed by atoms with E-state index < -0.39 is 11.7 Å². The van der Waals surface area contributed by atoms with Gasteiger partial charge in [0.1, 0.15) is 5.82 Å². The van der Waals surface area contributed by atoms with E-state index >= 15 is 0 Å². The molecule has 0 aliphatic heterocycles. The number of para-hydroxylation sites is 1. The van der Waals surface area contributed by atoms with E-state index in [1.54, 1.807) is 18.6 Å². The van der Waals surface area contributed by atoms with E-state index in [1.165, 1.54) is 0 Å². The molecule has 8 nitrogen and oxygen atoms in total. The second-order valence-electron chi connectivity index (χ2n) is 8.75. The Morgan fingerprint density at radius 2 is 1.89 bits per heavy atom. The molecular weight excluding hydrogens is 445 g/mol. The van der Waals surface area contributed by atoms with Crippen molar-refractivity contribution in [3.8, 4) is 11.1 Å². The first-order valence-corrected chi connectivity index (χ1v) is 11.6. The number of pyridine rings is 3. The molecule has 1 aromatic carbocycles. The van der Waals surface area contributed by atoms with Crippen molar-refractivity contribution in [3.05, 3.63) is 72.4 Å². The van der Waals surface area contributed by atoms with Gasteiger partial charge in [-0.3, -0.25) is 14.8 Å². The minimum Gasteiger partial charge on any atom is -0.365 e. The van der Waals surface area contributed by atoms with Gasteiger partial charge in [-0.05, 0) is 31.0 Å². The number of nitrogens with two attached hydrogens (primary N) is 2. The molecule has 0 spiro atoms. The van der Waals surface area contributed by atoms with Crippen molar-refractivity contribution in [2.24, 2.45) is 11.5 Å². The van der Waals surface area contributed by atoms with Crippen molar-refractivity contribution in [1.29, 1.82) is 0 Å². The Balaban J connectivity index is 1.49. The zero-order valence-corrected chi connectivity index (χ0v) is 19.0. The van der Waals surface area contributed by atoms with Crippen molar-refractivity contribution in [1.82, 2.24) is 15.0 Å². The molecule has 1 fully saturated rings. The summed E-state index contributed by atoms with van der Waals surface area (Å²) in [5.41, 5.74) is 14.8. The van der Waals surface area contributed by atoms with Gasteiger partial charge in [0.25, 0.3) is 5.91 Å². The summed E-state index contributed by atoms with van der Waals surface area (Å²) < 4.78 is 14.8. The minimum absolute atomic E-state index is 0.0298. The Kier molecular flexibility index (Phi) is 6.24. The van der Waals surface area contributed by atoms with Gasteiger partial charge in [-0.2, -0.15) is 0 Å². The first-order chi connectivity index (χ1) is 17.0. The van der Waals surface area contributed by atoms with Gasteiger partial charge in [0.05, 0.1) is 23.0 Å². The van der Waals surface area contributed by atoms with Gasteiger partial charge in [-0.1, -0.05) is 37.1 Å². The molecule has 1 amide bonds. The van der Waals surface area contributed by atoms with Gasteiger partial charge in [0.15, 0.2) is 11.6 Å². The topological polar surface area (TPSA) is 132 Å². The normalized spacial score (nSPS) is 17.8. The minimum atomic E-state index is -0.790. The van der Waals surface area contributed by atoms with Crippen LogP contribution in [0.2, 0.25) is 0 Å². The van der Waals surface area contributed by atoms with E-state index in [-0.39, 0.29) is 29.3 Å². The molecule has 3 aromatic heterocycles. The predicted octanol–water partition coefficient (Wildman–Crippen LogP) is 4.36. The summed E-state index contributed by atoms with van der Waals surface area (Å²) in [6.07, 6.45) is 8.84.